The third-order valence-electron chi connectivity index (χ3n) is 3.93. The Morgan fingerprint density at radius 1 is 1.24 bits per heavy atom. The molecule has 0 spiro atoms. The van der Waals surface area contributed by atoms with Crippen LogP contribution in [0, 0.1) is 0 Å². The van der Waals surface area contributed by atoms with Gasteiger partial charge in [-0.25, -0.2) is 14.5 Å². The number of amides is 2. The molecule has 3 rings (SSSR count). The Hall–Kier alpha value is -3.16. The van der Waals surface area contributed by atoms with Crippen molar-refractivity contribution in [2.75, 3.05) is 0 Å². The van der Waals surface area contributed by atoms with Gasteiger partial charge in [-0.1, -0.05) is 24.3 Å². The summed E-state index contributed by atoms with van der Waals surface area (Å²) in [5, 5.41) is 14.1. The van der Waals surface area contributed by atoms with Crippen LogP contribution in [0.25, 0.3) is 0 Å². The second-order valence-corrected chi connectivity index (χ2v) is 5.86. The predicted octanol–water partition coefficient (Wildman–Crippen LogP) is 1.62. The maximum Gasteiger partial charge on any atom is 0.315 e. The van der Waals surface area contributed by atoms with Crippen LogP contribution in [-0.4, -0.2) is 30.6 Å². The van der Waals surface area contributed by atoms with Crippen LogP contribution in [0.2, 0.25) is 0 Å². The third-order valence-corrected chi connectivity index (χ3v) is 3.93. The Morgan fingerprint density at radius 3 is 2.72 bits per heavy atom. The zero-order chi connectivity index (χ0) is 17.6. The van der Waals surface area contributed by atoms with Crippen LogP contribution in [0.1, 0.15) is 29.7 Å². The normalized spacial score (nSPS) is 11.9. The Morgan fingerprint density at radius 2 is 2.04 bits per heavy atom. The molecule has 0 bridgehead atoms. The Labute approximate surface area is 145 Å². The van der Waals surface area contributed by atoms with E-state index in [1.165, 1.54) is 6.33 Å². The van der Waals surface area contributed by atoms with E-state index in [-0.39, 0.29) is 12.1 Å². The molecular formula is C17H21N7O. The maximum atomic E-state index is 12.2. The highest BCUT2D eigenvalue weighted by Crippen LogP contribution is 2.11. The second kappa shape index (κ2) is 7.61. The van der Waals surface area contributed by atoms with Gasteiger partial charge in [0.25, 0.3) is 0 Å². The van der Waals surface area contributed by atoms with E-state index in [9.17, 15) is 4.79 Å². The van der Waals surface area contributed by atoms with Gasteiger partial charge in [-0.2, -0.15) is 10.2 Å². The van der Waals surface area contributed by atoms with Gasteiger partial charge in [0.1, 0.15) is 12.7 Å². The van der Waals surface area contributed by atoms with E-state index in [1.54, 1.807) is 21.9 Å². The smallest absolute Gasteiger partial charge is 0.315 e. The molecule has 8 heteroatoms. The molecule has 8 nitrogen and oxygen atoms in total. The van der Waals surface area contributed by atoms with E-state index >= 15 is 0 Å². The standard InChI is InChI=1S/C17H21N7O/c1-13(16-8-20-23(2)9-16)22-17(25)19-7-14-5-3-4-6-15(14)10-24-12-18-11-21-24/h3-6,8-9,11-13H,7,10H2,1-2H3,(H2,19,22,25)/t13-/m1/s1. The molecular weight excluding hydrogens is 318 g/mol. The number of rotatable bonds is 6. The summed E-state index contributed by atoms with van der Waals surface area (Å²) in [5.41, 5.74) is 3.10. The largest absolute Gasteiger partial charge is 0.334 e. The molecule has 2 N–H and O–H groups in total. The highest BCUT2D eigenvalue weighted by Gasteiger charge is 2.11. The monoisotopic (exact) mass is 339 g/mol. The van der Waals surface area contributed by atoms with Crippen LogP contribution in [0.15, 0.2) is 49.3 Å². The number of hydrogen-bond donors (Lipinski definition) is 2. The lowest BCUT2D eigenvalue weighted by Crippen LogP contribution is -2.36. The zero-order valence-electron chi connectivity index (χ0n) is 14.3. The summed E-state index contributed by atoms with van der Waals surface area (Å²) in [6, 6.07) is 7.62. The highest BCUT2D eigenvalue weighted by molar-refractivity contribution is 5.74. The minimum absolute atomic E-state index is 0.112. The molecule has 2 aromatic heterocycles. The average Bonchev–Trinajstić information content (AvgIpc) is 3.26. The van der Waals surface area contributed by atoms with Crippen LogP contribution in [0.5, 0.6) is 0 Å². The predicted molar refractivity (Wildman–Crippen MR) is 92.6 cm³/mol. The van der Waals surface area contributed by atoms with Crippen LogP contribution in [-0.2, 0) is 20.1 Å². The number of urea groups is 1. The molecule has 1 atom stereocenters. The van der Waals surface area contributed by atoms with Gasteiger partial charge in [-0.3, -0.25) is 4.68 Å². The number of aryl methyl sites for hydroxylation is 1. The summed E-state index contributed by atoms with van der Waals surface area (Å²) >= 11 is 0. The van der Waals surface area contributed by atoms with E-state index in [0.29, 0.717) is 13.1 Å². The van der Waals surface area contributed by atoms with E-state index in [1.807, 2.05) is 44.4 Å². The van der Waals surface area contributed by atoms with Crippen molar-refractivity contribution in [2.24, 2.45) is 7.05 Å². The van der Waals surface area contributed by atoms with Crippen LogP contribution >= 0.6 is 0 Å². The molecule has 0 radical (unpaired) electrons. The molecule has 25 heavy (non-hydrogen) atoms. The Kier molecular flexibility index (Phi) is 5.08. The quantitative estimate of drug-likeness (QED) is 0.714. The van der Waals surface area contributed by atoms with Crippen LogP contribution in [0.4, 0.5) is 4.79 Å². The first-order valence-corrected chi connectivity index (χ1v) is 8.04. The number of aromatic nitrogens is 5. The van der Waals surface area contributed by atoms with Crippen molar-refractivity contribution < 1.29 is 4.79 Å². The lowest BCUT2D eigenvalue weighted by atomic mass is 10.1. The fourth-order valence-electron chi connectivity index (χ4n) is 2.54. The Bertz CT molecular complexity index is 825. The van der Waals surface area contributed by atoms with Gasteiger partial charge in [0.15, 0.2) is 0 Å². The average molecular weight is 339 g/mol. The number of carbonyl (C=O) groups excluding carboxylic acids is 1. The summed E-state index contributed by atoms with van der Waals surface area (Å²) in [6.07, 6.45) is 6.82. The van der Waals surface area contributed by atoms with E-state index < -0.39 is 0 Å². The number of nitrogens with zero attached hydrogens (tertiary/aromatic N) is 5. The second-order valence-electron chi connectivity index (χ2n) is 5.86. The van der Waals surface area contributed by atoms with Gasteiger partial charge >= 0.3 is 6.03 Å². The number of hydrogen-bond acceptors (Lipinski definition) is 4. The zero-order valence-corrected chi connectivity index (χ0v) is 14.3. The molecule has 0 aliphatic carbocycles. The molecule has 1 aromatic carbocycles. The van der Waals surface area contributed by atoms with Crippen molar-refractivity contribution in [3.8, 4) is 0 Å². The van der Waals surface area contributed by atoms with Crippen molar-refractivity contribution >= 4 is 6.03 Å². The van der Waals surface area contributed by atoms with Crippen LogP contribution < -0.4 is 10.6 Å². The SMILES string of the molecule is C[C@@H](NC(=O)NCc1ccccc1Cn1cncn1)c1cnn(C)c1. The molecule has 0 unspecified atom stereocenters. The Balaban J connectivity index is 1.57. The van der Waals surface area contributed by atoms with Gasteiger partial charge < -0.3 is 10.6 Å². The number of nitrogens with one attached hydrogen (secondary N) is 2. The third kappa shape index (κ3) is 4.43. The molecule has 0 fully saturated rings. The van der Waals surface area contributed by atoms with Crippen molar-refractivity contribution in [1.82, 2.24) is 35.2 Å². The number of carbonyl (C=O) groups is 1. The van der Waals surface area contributed by atoms with Gasteiger partial charge in [-0.05, 0) is 18.1 Å². The topological polar surface area (TPSA) is 89.7 Å². The van der Waals surface area contributed by atoms with Crippen molar-refractivity contribution in [2.45, 2.75) is 26.1 Å². The molecule has 0 aliphatic rings. The first-order chi connectivity index (χ1) is 12.1. The molecule has 2 amide bonds. The molecule has 3 aromatic rings. The summed E-state index contributed by atoms with van der Waals surface area (Å²) in [6.45, 7) is 2.98. The highest BCUT2D eigenvalue weighted by atomic mass is 16.2. The molecule has 2 heterocycles. The first kappa shape index (κ1) is 16.7. The minimum atomic E-state index is -0.216. The molecule has 130 valence electrons. The van der Waals surface area contributed by atoms with E-state index in [2.05, 4.69) is 25.8 Å². The molecule has 0 aliphatic heterocycles. The summed E-state index contributed by atoms with van der Waals surface area (Å²) in [5.74, 6) is 0. The summed E-state index contributed by atoms with van der Waals surface area (Å²) < 4.78 is 3.47. The summed E-state index contributed by atoms with van der Waals surface area (Å²) in [7, 11) is 1.85. The fraction of sp³-hybridized carbons (Fsp3) is 0.294. The lowest BCUT2D eigenvalue weighted by Gasteiger charge is -2.14. The van der Waals surface area contributed by atoms with Crippen LogP contribution in [0.3, 0.4) is 0 Å². The first-order valence-electron chi connectivity index (χ1n) is 8.04. The van der Waals surface area contributed by atoms with Gasteiger partial charge in [-0.15, -0.1) is 0 Å². The van der Waals surface area contributed by atoms with Crippen molar-refractivity contribution in [3.63, 3.8) is 0 Å². The van der Waals surface area contributed by atoms with E-state index in [0.717, 1.165) is 16.7 Å². The van der Waals surface area contributed by atoms with E-state index in [4.69, 9.17) is 0 Å². The number of benzene rings is 1. The van der Waals surface area contributed by atoms with Gasteiger partial charge in [0.2, 0.25) is 0 Å². The fourth-order valence-corrected chi connectivity index (χ4v) is 2.54. The summed E-state index contributed by atoms with van der Waals surface area (Å²) in [4.78, 5) is 16.1. The molecule has 0 saturated carbocycles. The lowest BCUT2D eigenvalue weighted by molar-refractivity contribution is 0.237. The van der Waals surface area contributed by atoms with Gasteiger partial charge in [0, 0.05) is 25.4 Å². The van der Waals surface area contributed by atoms with Gasteiger partial charge in [0.05, 0.1) is 18.8 Å². The molecule has 0 saturated heterocycles. The maximum absolute atomic E-state index is 12.2. The van der Waals surface area contributed by atoms with Crippen molar-refractivity contribution in [1.29, 1.82) is 0 Å². The van der Waals surface area contributed by atoms with Crippen molar-refractivity contribution in [3.05, 3.63) is 66.0 Å². The minimum Gasteiger partial charge on any atom is -0.334 e.